The van der Waals surface area contributed by atoms with Gasteiger partial charge in [-0.25, -0.2) is 0 Å². The summed E-state index contributed by atoms with van der Waals surface area (Å²) in [5, 5.41) is 0. The van der Waals surface area contributed by atoms with Gasteiger partial charge >= 0.3 is 0 Å². The fourth-order valence-corrected chi connectivity index (χ4v) is 3.42. The van der Waals surface area contributed by atoms with Crippen molar-refractivity contribution in [3.8, 4) is 5.75 Å². The summed E-state index contributed by atoms with van der Waals surface area (Å²) < 4.78 is 5.45. The van der Waals surface area contributed by atoms with Crippen molar-refractivity contribution in [1.29, 1.82) is 0 Å². The number of benzene rings is 3. The first kappa shape index (κ1) is 16.3. The number of rotatable bonds is 4. The van der Waals surface area contributed by atoms with E-state index in [9.17, 15) is 0 Å². The van der Waals surface area contributed by atoms with Gasteiger partial charge in [-0.3, -0.25) is 0 Å². The van der Waals surface area contributed by atoms with Crippen LogP contribution in [0.15, 0.2) is 66.7 Å². The molecule has 1 atom stereocenters. The monoisotopic (exact) mass is 316 g/mol. The molecule has 24 heavy (non-hydrogen) atoms. The SMILES string of the molecule is COc1cccc(C(c2cccc(C)c2)c2cc(C)cc(C)c2)c1. The maximum absolute atomic E-state index is 5.45. The van der Waals surface area contributed by atoms with Crippen molar-refractivity contribution in [2.75, 3.05) is 7.11 Å². The van der Waals surface area contributed by atoms with Gasteiger partial charge in [0.1, 0.15) is 5.75 Å². The van der Waals surface area contributed by atoms with E-state index in [1.54, 1.807) is 7.11 Å². The molecule has 0 saturated heterocycles. The summed E-state index contributed by atoms with van der Waals surface area (Å²) in [5.74, 6) is 1.10. The van der Waals surface area contributed by atoms with Crippen LogP contribution >= 0.6 is 0 Å². The fraction of sp³-hybridized carbons (Fsp3) is 0.217. The molecule has 0 aliphatic carbocycles. The van der Waals surface area contributed by atoms with Crippen LogP contribution in [0, 0.1) is 20.8 Å². The molecule has 3 aromatic carbocycles. The minimum absolute atomic E-state index is 0.207. The second kappa shape index (κ2) is 6.92. The smallest absolute Gasteiger partial charge is 0.119 e. The van der Waals surface area contributed by atoms with Crippen LogP contribution < -0.4 is 4.74 Å². The van der Waals surface area contributed by atoms with Gasteiger partial charge in [-0.2, -0.15) is 0 Å². The Morgan fingerprint density at radius 3 is 1.83 bits per heavy atom. The molecule has 3 aromatic rings. The van der Waals surface area contributed by atoms with Gasteiger partial charge in [-0.05, 0) is 49.6 Å². The Bertz CT molecular complexity index is 828. The molecule has 0 radical (unpaired) electrons. The third-order valence-corrected chi connectivity index (χ3v) is 4.38. The maximum atomic E-state index is 5.45. The summed E-state index contributed by atoms with van der Waals surface area (Å²) >= 11 is 0. The first-order chi connectivity index (χ1) is 11.6. The summed E-state index contributed by atoms with van der Waals surface area (Å²) in [6.07, 6.45) is 0. The van der Waals surface area contributed by atoms with E-state index in [2.05, 4.69) is 81.4 Å². The molecule has 1 heteroatoms. The Balaban J connectivity index is 2.20. The molecule has 0 amide bonds. The molecule has 0 fully saturated rings. The van der Waals surface area contributed by atoms with Crippen molar-refractivity contribution in [1.82, 2.24) is 0 Å². The molecule has 0 spiro atoms. The average molecular weight is 316 g/mol. The average Bonchev–Trinajstić information content (AvgIpc) is 2.54. The second-order valence-electron chi connectivity index (χ2n) is 6.54. The minimum atomic E-state index is 0.207. The number of methoxy groups -OCH3 is 1. The Morgan fingerprint density at radius 2 is 1.21 bits per heavy atom. The summed E-state index contributed by atoms with van der Waals surface area (Å²) in [4.78, 5) is 0. The Hall–Kier alpha value is -2.54. The molecule has 0 heterocycles. The van der Waals surface area contributed by atoms with Gasteiger partial charge in [0.05, 0.1) is 7.11 Å². The van der Waals surface area contributed by atoms with E-state index in [1.807, 2.05) is 6.07 Å². The Labute approximate surface area is 144 Å². The van der Waals surface area contributed by atoms with Gasteiger partial charge in [-0.15, -0.1) is 0 Å². The van der Waals surface area contributed by atoms with Gasteiger partial charge in [0, 0.05) is 5.92 Å². The van der Waals surface area contributed by atoms with Crippen LogP contribution in [0.5, 0.6) is 5.75 Å². The zero-order valence-electron chi connectivity index (χ0n) is 14.8. The van der Waals surface area contributed by atoms with Crippen LogP contribution in [0.3, 0.4) is 0 Å². The van der Waals surface area contributed by atoms with Crippen LogP contribution in [0.1, 0.15) is 39.3 Å². The minimum Gasteiger partial charge on any atom is -0.497 e. The summed E-state index contributed by atoms with van der Waals surface area (Å²) in [7, 11) is 1.72. The summed E-state index contributed by atoms with van der Waals surface area (Å²) in [6.45, 7) is 6.47. The molecule has 0 aliphatic rings. The predicted octanol–water partition coefficient (Wildman–Crippen LogP) is 5.80. The highest BCUT2D eigenvalue weighted by Crippen LogP contribution is 2.34. The molecule has 0 aromatic heterocycles. The Kier molecular flexibility index (Phi) is 4.71. The number of hydrogen-bond donors (Lipinski definition) is 0. The zero-order valence-corrected chi connectivity index (χ0v) is 14.8. The fourth-order valence-electron chi connectivity index (χ4n) is 3.42. The highest BCUT2D eigenvalue weighted by atomic mass is 16.5. The number of hydrogen-bond acceptors (Lipinski definition) is 1. The molecule has 3 rings (SSSR count). The van der Waals surface area contributed by atoms with E-state index in [1.165, 1.54) is 33.4 Å². The molecule has 1 nitrogen and oxygen atoms in total. The first-order valence-electron chi connectivity index (χ1n) is 8.35. The van der Waals surface area contributed by atoms with Gasteiger partial charge in [0.15, 0.2) is 0 Å². The zero-order chi connectivity index (χ0) is 17.1. The van der Waals surface area contributed by atoms with Crippen molar-refractivity contribution >= 4 is 0 Å². The molecule has 1 unspecified atom stereocenters. The molecule has 122 valence electrons. The lowest BCUT2D eigenvalue weighted by atomic mass is 9.83. The largest absolute Gasteiger partial charge is 0.497 e. The van der Waals surface area contributed by atoms with E-state index in [0.29, 0.717) is 0 Å². The summed E-state index contributed by atoms with van der Waals surface area (Å²) in [6, 6.07) is 24.0. The van der Waals surface area contributed by atoms with Crippen LogP contribution in [-0.4, -0.2) is 7.11 Å². The van der Waals surface area contributed by atoms with Crippen LogP contribution in [-0.2, 0) is 0 Å². The van der Waals surface area contributed by atoms with E-state index in [-0.39, 0.29) is 5.92 Å². The first-order valence-corrected chi connectivity index (χ1v) is 8.35. The van der Waals surface area contributed by atoms with Crippen molar-refractivity contribution in [3.05, 3.63) is 100 Å². The van der Waals surface area contributed by atoms with E-state index in [0.717, 1.165) is 5.75 Å². The molecule has 0 N–H and O–H groups in total. The molecular weight excluding hydrogens is 292 g/mol. The summed E-state index contributed by atoms with van der Waals surface area (Å²) in [5.41, 5.74) is 7.77. The van der Waals surface area contributed by atoms with Crippen molar-refractivity contribution in [3.63, 3.8) is 0 Å². The molecule has 0 saturated carbocycles. The van der Waals surface area contributed by atoms with Gasteiger partial charge in [0.2, 0.25) is 0 Å². The van der Waals surface area contributed by atoms with Gasteiger partial charge in [0.25, 0.3) is 0 Å². The second-order valence-corrected chi connectivity index (χ2v) is 6.54. The molecule has 0 aliphatic heterocycles. The quantitative estimate of drug-likeness (QED) is 0.553. The van der Waals surface area contributed by atoms with Crippen LogP contribution in [0.4, 0.5) is 0 Å². The standard InChI is InChI=1S/C23H24O/c1-16-7-5-8-19(12-16)23(20-9-6-10-22(15-20)24-4)21-13-17(2)11-18(3)14-21/h5-15,23H,1-4H3. The van der Waals surface area contributed by atoms with Crippen LogP contribution in [0.25, 0.3) is 0 Å². The molecular formula is C23H24O. The lowest BCUT2D eigenvalue weighted by Gasteiger charge is -2.21. The lowest BCUT2D eigenvalue weighted by Crippen LogP contribution is -2.05. The van der Waals surface area contributed by atoms with Crippen LogP contribution in [0.2, 0.25) is 0 Å². The van der Waals surface area contributed by atoms with E-state index >= 15 is 0 Å². The third-order valence-electron chi connectivity index (χ3n) is 4.38. The van der Waals surface area contributed by atoms with Crippen molar-refractivity contribution < 1.29 is 4.74 Å². The topological polar surface area (TPSA) is 9.23 Å². The number of ether oxygens (including phenoxy) is 1. The van der Waals surface area contributed by atoms with Gasteiger partial charge in [-0.1, -0.05) is 71.3 Å². The highest BCUT2D eigenvalue weighted by Gasteiger charge is 2.18. The van der Waals surface area contributed by atoms with Crippen molar-refractivity contribution in [2.45, 2.75) is 26.7 Å². The highest BCUT2D eigenvalue weighted by molar-refractivity contribution is 5.47. The normalized spacial score (nSPS) is 12.0. The predicted molar refractivity (Wildman–Crippen MR) is 101 cm³/mol. The third kappa shape index (κ3) is 3.51. The van der Waals surface area contributed by atoms with Gasteiger partial charge < -0.3 is 4.74 Å². The lowest BCUT2D eigenvalue weighted by molar-refractivity contribution is 0.414. The Morgan fingerprint density at radius 1 is 0.625 bits per heavy atom. The molecule has 0 bridgehead atoms. The maximum Gasteiger partial charge on any atom is 0.119 e. The van der Waals surface area contributed by atoms with Crippen molar-refractivity contribution in [2.24, 2.45) is 0 Å². The van der Waals surface area contributed by atoms with E-state index in [4.69, 9.17) is 4.74 Å². The van der Waals surface area contributed by atoms with E-state index < -0.39 is 0 Å². The number of aryl methyl sites for hydroxylation is 3.